The number of benzene rings is 1. The van der Waals surface area contributed by atoms with Crippen LogP contribution in [0.1, 0.15) is 26.2 Å². The van der Waals surface area contributed by atoms with Crippen LogP contribution in [0.5, 0.6) is 0 Å². The molecule has 0 saturated heterocycles. The molecule has 7 nitrogen and oxygen atoms in total. The van der Waals surface area contributed by atoms with Crippen molar-refractivity contribution in [2.75, 3.05) is 16.0 Å². The summed E-state index contributed by atoms with van der Waals surface area (Å²) in [5, 5.41) is 16.7. The van der Waals surface area contributed by atoms with E-state index in [9.17, 15) is 9.59 Å². The van der Waals surface area contributed by atoms with Gasteiger partial charge in [-0.15, -0.1) is 10.2 Å². The Balaban J connectivity index is 1.57. The normalized spacial score (nSPS) is 13.7. The quantitative estimate of drug-likeness (QED) is 0.785. The number of carbonyl (C=O) groups excluding carboxylic acids is 2. The van der Waals surface area contributed by atoms with Crippen molar-refractivity contribution in [1.82, 2.24) is 10.2 Å². The first-order chi connectivity index (χ1) is 11.6. The molecule has 1 aromatic carbocycles. The molecule has 0 bridgehead atoms. The molecule has 3 rings (SSSR count). The van der Waals surface area contributed by atoms with Crippen LogP contribution in [0.15, 0.2) is 36.4 Å². The third kappa shape index (κ3) is 4.07. The van der Waals surface area contributed by atoms with Crippen molar-refractivity contribution in [1.29, 1.82) is 0 Å². The second-order valence-corrected chi connectivity index (χ2v) is 5.80. The number of nitrogens with zero attached hydrogens (tertiary/aromatic N) is 2. The van der Waals surface area contributed by atoms with Gasteiger partial charge in [0.1, 0.15) is 0 Å². The van der Waals surface area contributed by atoms with Crippen LogP contribution in [-0.2, 0) is 9.59 Å². The minimum absolute atomic E-state index is 0.0184. The van der Waals surface area contributed by atoms with E-state index in [1.807, 2.05) is 12.1 Å². The zero-order valence-electron chi connectivity index (χ0n) is 13.4. The number of hydrogen-bond acceptors (Lipinski definition) is 5. The predicted octanol–water partition coefficient (Wildman–Crippen LogP) is 2.92. The Kier molecular flexibility index (Phi) is 4.69. The van der Waals surface area contributed by atoms with Gasteiger partial charge in [0, 0.05) is 24.2 Å². The largest absolute Gasteiger partial charge is 0.339 e. The van der Waals surface area contributed by atoms with Crippen LogP contribution >= 0.6 is 0 Å². The molecule has 2 aromatic rings. The highest BCUT2D eigenvalue weighted by Gasteiger charge is 2.25. The molecule has 1 heterocycles. The smallest absolute Gasteiger partial charge is 0.228 e. The van der Waals surface area contributed by atoms with E-state index in [1.54, 1.807) is 24.3 Å². The molecular formula is C17H19N5O2. The predicted molar refractivity (Wildman–Crippen MR) is 92.0 cm³/mol. The Morgan fingerprint density at radius 2 is 1.54 bits per heavy atom. The second-order valence-electron chi connectivity index (χ2n) is 5.80. The fourth-order valence-electron chi connectivity index (χ4n) is 2.35. The van der Waals surface area contributed by atoms with Gasteiger partial charge >= 0.3 is 0 Å². The number of anilines is 4. The average molecular weight is 325 g/mol. The highest BCUT2D eigenvalue weighted by molar-refractivity contribution is 5.92. The summed E-state index contributed by atoms with van der Waals surface area (Å²) in [6.45, 7) is 1.47. The maximum Gasteiger partial charge on any atom is 0.228 e. The molecule has 0 radical (unpaired) electrons. The summed E-state index contributed by atoms with van der Waals surface area (Å²) >= 11 is 0. The van der Waals surface area contributed by atoms with Gasteiger partial charge in [-0.05, 0) is 49.2 Å². The van der Waals surface area contributed by atoms with Crippen molar-refractivity contribution in [3.05, 3.63) is 36.4 Å². The van der Waals surface area contributed by atoms with E-state index >= 15 is 0 Å². The van der Waals surface area contributed by atoms with Crippen LogP contribution in [0.3, 0.4) is 0 Å². The molecule has 0 unspecified atom stereocenters. The standard InChI is InChI=1S/C17H19N5O2/c1-11(23)18-13-5-7-14(8-6-13)19-15-9-10-16(22-21-15)20-17(24)12-3-2-4-12/h5-10,12H,2-4H2,1H3,(H,18,23)(H,19,21)(H,20,22,24). The summed E-state index contributed by atoms with van der Waals surface area (Å²) in [4.78, 5) is 22.8. The first kappa shape index (κ1) is 15.9. The van der Waals surface area contributed by atoms with Crippen LogP contribution < -0.4 is 16.0 Å². The van der Waals surface area contributed by atoms with Gasteiger partial charge in [0.25, 0.3) is 0 Å². The van der Waals surface area contributed by atoms with Gasteiger partial charge < -0.3 is 16.0 Å². The zero-order chi connectivity index (χ0) is 16.9. The number of hydrogen-bond donors (Lipinski definition) is 3. The van der Waals surface area contributed by atoms with Gasteiger partial charge in [-0.1, -0.05) is 6.42 Å². The Bertz CT molecular complexity index is 724. The van der Waals surface area contributed by atoms with E-state index in [2.05, 4.69) is 26.1 Å². The first-order valence-electron chi connectivity index (χ1n) is 7.89. The van der Waals surface area contributed by atoms with Crippen molar-refractivity contribution in [2.45, 2.75) is 26.2 Å². The lowest BCUT2D eigenvalue weighted by Crippen LogP contribution is -2.28. The second kappa shape index (κ2) is 7.08. The Hall–Kier alpha value is -2.96. The Morgan fingerprint density at radius 3 is 2.08 bits per heavy atom. The summed E-state index contributed by atoms with van der Waals surface area (Å²) in [6, 6.07) is 10.7. The topological polar surface area (TPSA) is 96.0 Å². The molecule has 2 amide bonds. The van der Waals surface area contributed by atoms with E-state index in [0.717, 1.165) is 30.6 Å². The minimum atomic E-state index is -0.110. The maximum atomic E-state index is 11.9. The number of rotatable bonds is 5. The SMILES string of the molecule is CC(=O)Nc1ccc(Nc2ccc(NC(=O)C3CCC3)nn2)cc1. The molecule has 0 aliphatic heterocycles. The van der Waals surface area contributed by atoms with Crippen molar-refractivity contribution in [3.8, 4) is 0 Å². The summed E-state index contributed by atoms with van der Waals surface area (Å²) in [6.07, 6.45) is 3.02. The van der Waals surface area contributed by atoms with E-state index < -0.39 is 0 Å². The molecule has 124 valence electrons. The molecule has 24 heavy (non-hydrogen) atoms. The van der Waals surface area contributed by atoms with Crippen LogP contribution in [0.4, 0.5) is 23.0 Å². The lowest BCUT2D eigenvalue weighted by molar-refractivity contribution is -0.122. The minimum Gasteiger partial charge on any atom is -0.339 e. The number of amides is 2. The molecule has 0 spiro atoms. The molecular weight excluding hydrogens is 306 g/mol. The van der Waals surface area contributed by atoms with E-state index in [4.69, 9.17) is 0 Å². The number of nitrogens with one attached hydrogen (secondary N) is 3. The van der Waals surface area contributed by atoms with Crippen LogP contribution in [0, 0.1) is 5.92 Å². The molecule has 1 aromatic heterocycles. The third-order valence-corrected chi connectivity index (χ3v) is 3.87. The number of carbonyl (C=O) groups is 2. The average Bonchev–Trinajstić information content (AvgIpc) is 2.49. The van der Waals surface area contributed by atoms with Crippen LogP contribution in [-0.4, -0.2) is 22.0 Å². The number of aromatic nitrogens is 2. The van der Waals surface area contributed by atoms with Crippen molar-refractivity contribution >= 4 is 34.8 Å². The van der Waals surface area contributed by atoms with Crippen molar-refractivity contribution < 1.29 is 9.59 Å². The van der Waals surface area contributed by atoms with Gasteiger partial charge in [-0.2, -0.15) is 0 Å². The van der Waals surface area contributed by atoms with E-state index in [-0.39, 0.29) is 17.7 Å². The van der Waals surface area contributed by atoms with E-state index in [1.165, 1.54) is 6.92 Å². The zero-order valence-corrected chi connectivity index (χ0v) is 13.4. The highest BCUT2D eigenvalue weighted by Crippen LogP contribution is 2.27. The van der Waals surface area contributed by atoms with Crippen molar-refractivity contribution in [2.24, 2.45) is 5.92 Å². The molecule has 3 N–H and O–H groups in total. The lowest BCUT2D eigenvalue weighted by atomic mass is 9.85. The fourth-order valence-corrected chi connectivity index (χ4v) is 2.35. The summed E-state index contributed by atoms with van der Waals surface area (Å²) in [7, 11) is 0. The molecule has 1 aliphatic carbocycles. The molecule has 0 atom stereocenters. The first-order valence-corrected chi connectivity index (χ1v) is 7.89. The van der Waals surface area contributed by atoms with E-state index in [0.29, 0.717) is 11.6 Å². The molecule has 1 aliphatic rings. The van der Waals surface area contributed by atoms with Gasteiger partial charge in [0.15, 0.2) is 11.6 Å². The molecule has 1 fully saturated rings. The van der Waals surface area contributed by atoms with Gasteiger partial charge in [-0.25, -0.2) is 0 Å². The Morgan fingerprint density at radius 1 is 0.917 bits per heavy atom. The summed E-state index contributed by atoms with van der Waals surface area (Å²) in [5.41, 5.74) is 1.55. The molecule has 7 heteroatoms. The monoisotopic (exact) mass is 325 g/mol. The third-order valence-electron chi connectivity index (χ3n) is 3.87. The van der Waals surface area contributed by atoms with Crippen molar-refractivity contribution in [3.63, 3.8) is 0 Å². The van der Waals surface area contributed by atoms with Gasteiger partial charge in [-0.3, -0.25) is 9.59 Å². The summed E-state index contributed by atoms with van der Waals surface area (Å²) in [5.74, 6) is 1.06. The van der Waals surface area contributed by atoms with Gasteiger partial charge in [0.05, 0.1) is 0 Å². The Labute approximate surface area is 139 Å². The van der Waals surface area contributed by atoms with Crippen LogP contribution in [0.2, 0.25) is 0 Å². The highest BCUT2D eigenvalue weighted by atomic mass is 16.2. The van der Waals surface area contributed by atoms with Crippen LogP contribution in [0.25, 0.3) is 0 Å². The fraction of sp³-hybridized carbons (Fsp3) is 0.294. The lowest BCUT2D eigenvalue weighted by Gasteiger charge is -2.23. The maximum absolute atomic E-state index is 11.9. The molecule has 1 saturated carbocycles. The van der Waals surface area contributed by atoms with Gasteiger partial charge in [0.2, 0.25) is 11.8 Å². The summed E-state index contributed by atoms with van der Waals surface area (Å²) < 4.78 is 0.